The molecule has 0 atom stereocenters. The third-order valence-electron chi connectivity index (χ3n) is 5.28. The largest absolute Gasteiger partial charge is 0.494 e. The number of anilines is 1. The molecule has 1 aliphatic heterocycles. The molecule has 4 rings (SSSR count). The van der Waals surface area contributed by atoms with Crippen molar-refractivity contribution in [3.8, 4) is 17.3 Å². The fourth-order valence-corrected chi connectivity index (χ4v) is 3.71. The van der Waals surface area contributed by atoms with Gasteiger partial charge in [0.2, 0.25) is 11.8 Å². The van der Waals surface area contributed by atoms with Crippen LogP contribution in [-0.2, 0) is 13.6 Å². The fraction of sp³-hybridized carbons (Fsp3) is 0.435. The minimum Gasteiger partial charge on any atom is -0.494 e. The van der Waals surface area contributed by atoms with Crippen molar-refractivity contribution in [2.75, 3.05) is 31.6 Å². The maximum atomic E-state index is 5.97. The van der Waals surface area contributed by atoms with E-state index in [1.54, 1.807) is 10.9 Å². The van der Waals surface area contributed by atoms with Gasteiger partial charge in [-0.1, -0.05) is 24.6 Å². The van der Waals surface area contributed by atoms with Crippen molar-refractivity contribution in [1.82, 2.24) is 24.6 Å². The van der Waals surface area contributed by atoms with Crippen molar-refractivity contribution in [3.05, 3.63) is 54.2 Å². The highest BCUT2D eigenvalue weighted by molar-refractivity contribution is 5.50. The Morgan fingerprint density at radius 3 is 2.80 bits per heavy atom. The lowest BCUT2D eigenvalue weighted by molar-refractivity contribution is 0.220. The minimum absolute atomic E-state index is 0.627. The van der Waals surface area contributed by atoms with Crippen LogP contribution in [0.15, 0.2) is 48.7 Å². The maximum absolute atomic E-state index is 5.97. The monoisotopic (exact) mass is 406 g/mol. The minimum atomic E-state index is 0.627. The second kappa shape index (κ2) is 10.2. The highest BCUT2D eigenvalue weighted by Gasteiger charge is 2.11. The van der Waals surface area contributed by atoms with Crippen LogP contribution in [0.1, 0.15) is 31.2 Å². The molecule has 30 heavy (non-hydrogen) atoms. The van der Waals surface area contributed by atoms with Gasteiger partial charge in [-0.25, -0.2) is 4.68 Å². The zero-order valence-corrected chi connectivity index (χ0v) is 17.6. The number of ether oxygens (including phenoxy) is 1. The number of hydrogen-bond donors (Lipinski definition) is 1. The standard InChI is InChI=1S/C23H30N6O/c1-28-23(26-22(27-28)21-11-3-4-12-24-21)25-13-8-16-30-20-10-7-9-19(17-20)18-29-14-5-2-6-15-29/h3-4,7,9-12,17H,2,5-6,8,13-16,18H2,1H3,(H,25,26,27). The zero-order valence-electron chi connectivity index (χ0n) is 17.6. The Morgan fingerprint density at radius 2 is 1.97 bits per heavy atom. The Labute approximate surface area is 178 Å². The summed E-state index contributed by atoms with van der Waals surface area (Å²) in [5, 5.41) is 7.76. The van der Waals surface area contributed by atoms with E-state index < -0.39 is 0 Å². The van der Waals surface area contributed by atoms with Crippen LogP contribution in [0.25, 0.3) is 11.5 Å². The molecule has 7 heteroatoms. The number of aromatic nitrogens is 4. The van der Waals surface area contributed by atoms with Crippen molar-refractivity contribution in [2.24, 2.45) is 7.05 Å². The average molecular weight is 407 g/mol. The Balaban J connectivity index is 1.21. The second-order valence-corrected chi connectivity index (χ2v) is 7.71. The number of piperidine rings is 1. The third-order valence-corrected chi connectivity index (χ3v) is 5.28. The van der Waals surface area contributed by atoms with Gasteiger partial charge in [0.05, 0.1) is 6.61 Å². The van der Waals surface area contributed by atoms with Crippen molar-refractivity contribution >= 4 is 5.95 Å². The average Bonchev–Trinajstić information content (AvgIpc) is 3.16. The first-order valence-corrected chi connectivity index (χ1v) is 10.8. The summed E-state index contributed by atoms with van der Waals surface area (Å²) in [6.45, 7) is 4.86. The second-order valence-electron chi connectivity index (χ2n) is 7.71. The number of likely N-dealkylation sites (tertiary alicyclic amines) is 1. The predicted octanol–water partition coefficient (Wildman–Crippen LogP) is 3.74. The Kier molecular flexibility index (Phi) is 6.92. The molecular formula is C23H30N6O. The van der Waals surface area contributed by atoms with Crippen LogP contribution in [-0.4, -0.2) is 50.9 Å². The van der Waals surface area contributed by atoms with Gasteiger partial charge >= 0.3 is 0 Å². The summed E-state index contributed by atoms with van der Waals surface area (Å²) in [4.78, 5) is 11.4. The molecule has 0 radical (unpaired) electrons. The van der Waals surface area contributed by atoms with Crippen LogP contribution in [0.4, 0.5) is 5.95 Å². The first kappa shape index (κ1) is 20.3. The highest BCUT2D eigenvalue weighted by atomic mass is 16.5. The summed E-state index contributed by atoms with van der Waals surface area (Å²) in [5.74, 6) is 2.31. The first-order valence-electron chi connectivity index (χ1n) is 10.8. The van der Waals surface area contributed by atoms with E-state index in [-0.39, 0.29) is 0 Å². The van der Waals surface area contributed by atoms with E-state index in [1.807, 2.05) is 31.3 Å². The van der Waals surface area contributed by atoms with Crippen LogP contribution in [0.5, 0.6) is 5.75 Å². The van der Waals surface area contributed by atoms with Crippen molar-refractivity contribution < 1.29 is 4.74 Å². The van der Waals surface area contributed by atoms with E-state index in [0.29, 0.717) is 12.4 Å². The van der Waals surface area contributed by atoms with Gasteiger partial charge in [-0.3, -0.25) is 9.88 Å². The van der Waals surface area contributed by atoms with Gasteiger partial charge in [0.1, 0.15) is 11.4 Å². The molecule has 0 saturated carbocycles. The predicted molar refractivity (Wildman–Crippen MR) is 118 cm³/mol. The summed E-state index contributed by atoms with van der Waals surface area (Å²) < 4.78 is 7.71. The molecule has 3 aromatic rings. The van der Waals surface area contributed by atoms with Crippen molar-refractivity contribution in [1.29, 1.82) is 0 Å². The van der Waals surface area contributed by atoms with Gasteiger partial charge in [0.15, 0.2) is 0 Å². The highest BCUT2D eigenvalue weighted by Crippen LogP contribution is 2.18. The number of benzene rings is 1. The number of nitrogens with zero attached hydrogens (tertiary/aromatic N) is 5. The molecule has 0 aliphatic carbocycles. The number of nitrogens with one attached hydrogen (secondary N) is 1. The van der Waals surface area contributed by atoms with Crippen LogP contribution < -0.4 is 10.1 Å². The molecule has 1 saturated heterocycles. The van der Waals surface area contributed by atoms with Gasteiger partial charge in [0.25, 0.3) is 0 Å². The third kappa shape index (κ3) is 5.57. The lowest BCUT2D eigenvalue weighted by Gasteiger charge is -2.26. The van der Waals surface area contributed by atoms with Crippen LogP contribution in [0.2, 0.25) is 0 Å². The normalized spacial score (nSPS) is 14.6. The molecule has 0 amide bonds. The number of rotatable bonds is 9. The van der Waals surface area contributed by atoms with Gasteiger partial charge in [0, 0.05) is 26.3 Å². The lowest BCUT2D eigenvalue weighted by atomic mass is 10.1. The lowest BCUT2D eigenvalue weighted by Crippen LogP contribution is -2.29. The van der Waals surface area contributed by atoms with Crippen LogP contribution in [0.3, 0.4) is 0 Å². The molecule has 0 spiro atoms. The summed E-state index contributed by atoms with van der Waals surface area (Å²) >= 11 is 0. The van der Waals surface area contributed by atoms with E-state index in [0.717, 1.165) is 36.9 Å². The molecule has 1 aromatic carbocycles. The van der Waals surface area contributed by atoms with E-state index >= 15 is 0 Å². The van der Waals surface area contributed by atoms with Gasteiger partial charge in [-0.05, 0) is 62.2 Å². The van der Waals surface area contributed by atoms with E-state index in [4.69, 9.17) is 4.74 Å². The van der Waals surface area contributed by atoms with E-state index in [2.05, 4.69) is 43.5 Å². The van der Waals surface area contributed by atoms with Crippen molar-refractivity contribution in [3.63, 3.8) is 0 Å². The van der Waals surface area contributed by atoms with Gasteiger partial charge in [-0.2, -0.15) is 4.98 Å². The number of aryl methyl sites for hydroxylation is 1. The first-order chi connectivity index (χ1) is 14.8. The molecule has 1 fully saturated rings. The van der Waals surface area contributed by atoms with Crippen LogP contribution >= 0.6 is 0 Å². The van der Waals surface area contributed by atoms with Crippen LogP contribution in [0, 0.1) is 0 Å². The Hall–Kier alpha value is -2.93. The molecule has 2 aromatic heterocycles. The molecular weight excluding hydrogens is 376 g/mol. The molecule has 0 bridgehead atoms. The van der Waals surface area contributed by atoms with Crippen molar-refractivity contribution in [2.45, 2.75) is 32.2 Å². The molecule has 3 heterocycles. The SMILES string of the molecule is Cn1nc(-c2ccccn2)nc1NCCCOc1cccc(CN2CCCCC2)c1. The summed E-state index contributed by atoms with van der Waals surface area (Å²) in [6.07, 6.45) is 6.63. The van der Waals surface area contributed by atoms with E-state index in [1.165, 1.54) is 37.9 Å². The van der Waals surface area contributed by atoms with Gasteiger partial charge in [-0.15, -0.1) is 5.10 Å². The maximum Gasteiger partial charge on any atom is 0.221 e. The van der Waals surface area contributed by atoms with E-state index in [9.17, 15) is 0 Å². The Bertz CT molecular complexity index is 920. The smallest absolute Gasteiger partial charge is 0.221 e. The summed E-state index contributed by atoms with van der Waals surface area (Å²) in [6, 6.07) is 14.2. The molecule has 1 aliphatic rings. The number of pyridine rings is 1. The topological polar surface area (TPSA) is 68.1 Å². The zero-order chi connectivity index (χ0) is 20.6. The molecule has 158 valence electrons. The Morgan fingerprint density at radius 1 is 1.07 bits per heavy atom. The molecule has 0 unspecified atom stereocenters. The summed E-state index contributed by atoms with van der Waals surface area (Å²) in [5.41, 5.74) is 2.10. The molecule has 1 N–H and O–H groups in total. The molecule has 7 nitrogen and oxygen atoms in total. The quantitative estimate of drug-likeness (QED) is 0.546. The van der Waals surface area contributed by atoms with Gasteiger partial charge < -0.3 is 10.1 Å². The number of hydrogen-bond acceptors (Lipinski definition) is 6. The fourth-order valence-electron chi connectivity index (χ4n) is 3.71. The summed E-state index contributed by atoms with van der Waals surface area (Å²) in [7, 11) is 1.88.